The van der Waals surface area contributed by atoms with E-state index in [1.807, 2.05) is 0 Å². The van der Waals surface area contributed by atoms with Gasteiger partial charge in [-0.15, -0.1) is 0 Å². The topological polar surface area (TPSA) is 44.8 Å². The van der Waals surface area contributed by atoms with Crippen LogP contribution in [0.25, 0.3) is 0 Å². The number of esters is 1. The van der Waals surface area contributed by atoms with Crippen molar-refractivity contribution in [2.75, 3.05) is 20.3 Å². The third-order valence-corrected chi connectivity index (χ3v) is 4.89. The Kier molecular flexibility index (Phi) is 2.33. The molecule has 3 rings (SSSR count). The fourth-order valence-corrected chi connectivity index (χ4v) is 4.34. The molecule has 1 saturated heterocycles. The first-order valence-electron chi connectivity index (χ1n) is 6.38. The van der Waals surface area contributed by atoms with E-state index < -0.39 is 5.79 Å². The van der Waals surface area contributed by atoms with Gasteiger partial charge in [-0.25, -0.2) is 0 Å². The van der Waals surface area contributed by atoms with Crippen LogP contribution in [-0.4, -0.2) is 32.1 Å². The van der Waals surface area contributed by atoms with Crippen molar-refractivity contribution in [2.45, 2.75) is 32.5 Å². The van der Waals surface area contributed by atoms with Crippen molar-refractivity contribution in [1.29, 1.82) is 0 Å². The smallest absolute Gasteiger partial charge is 0.309 e. The van der Waals surface area contributed by atoms with E-state index >= 15 is 0 Å². The Hall–Kier alpha value is -0.610. The summed E-state index contributed by atoms with van der Waals surface area (Å²) < 4.78 is 16.5. The lowest BCUT2D eigenvalue weighted by Crippen LogP contribution is -2.39. The van der Waals surface area contributed by atoms with Gasteiger partial charge in [0.2, 0.25) is 0 Å². The van der Waals surface area contributed by atoms with Gasteiger partial charge in [0, 0.05) is 12.8 Å². The van der Waals surface area contributed by atoms with Gasteiger partial charge in [0.25, 0.3) is 0 Å². The molecule has 3 fully saturated rings. The Labute approximate surface area is 102 Å². The van der Waals surface area contributed by atoms with Crippen LogP contribution in [0.15, 0.2) is 0 Å². The first-order chi connectivity index (χ1) is 8.02. The monoisotopic (exact) mass is 240 g/mol. The molecule has 1 heterocycles. The molecule has 1 unspecified atom stereocenters. The van der Waals surface area contributed by atoms with Gasteiger partial charge < -0.3 is 14.2 Å². The van der Waals surface area contributed by atoms with Crippen molar-refractivity contribution in [1.82, 2.24) is 0 Å². The van der Waals surface area contributed by atoms with E-state index in [1.54, 1.807) is 0 Å². The molecule has 0 aromatic heterocycles. The minimum Gasteiger partial charge on any atom is -0.469 e. The molecule has 4 heteroatoms. The van der Waals surface area contributed by atoms with Gasteiger partial charge in [0.05, 0.1) is 26.2 Å². The Morgan fingerprint density at radius 1 is 1.35 bits per heavy atom. The quantitative estimate of drug-likeness (QED) is 0.653. The molecule has 0 aromatic carbocycles. The van der Waals surface area contributed by atoms with Gasteiger partial charge in [-0.1, -0.05) is 13.8 Å². The SMILES string of the molecule is COC(=O)[C@@H]1C2[C@H](C)CC3(C[C@]21C)OCCO3. The highest BCUT2D eigenvalue weighted by atomic mass is 16.7. The highest BCUT2D eigenvalue weighted by molar-refractivity contribution is 5.78. The van der Waals surface area contributed by atoms with Crippen LogP contribution in [0.5, 0.6) is 0 Å². The number of ether oxygens (including phenoxy) is 3. The Morgan fingerprint density at radius 3 is 2.59 bits per heavy atom. The summed E-state index contributed by atoms with van der Waals surface area (Å²) in [6.07, 6.45) is 1.73. The van der Waals surface area contributed by atoms with Gasteiger partial charge in [-0.3, -0.25) is 4.79 Å². The second-order valence-electron chi connectivity index (χ2n) is 6.00. The number of rotatable bonds is 1. The highest BCUT2D eigenvalue weighted by Gasteiger charge is 2.72. The first-order valence-corrected chi connectivity index (χ1v) is 6.38. The van der Waals surface area contributed by atoms with Crippen LogP contribution in [-0.2, 0) is 19.0 Å². The Balaban J connectivity index is 1.83. The average Bonchev–Trinajstić information content (AvgIpc) is 2.65. The van der Waals surface area contributed by atoms with Crippen LogP contribution >= 0.6 is 0 Å². The molecule has 0 N–H and O–H groups in total. The molecule has 1 spiro atoms. The molecule has 4 nitrogen and oxygen atoms in total. The maximum Gasteiger partial charge on any atom is 0.309 e. The molecule has 17 heavy (non-hydrogen) atoms. The number of fused-ring (bicyclic) bond motifs is 1. The fraction of sp³-hybridized carbons (Fsp3) is 0.923. The third kappa shape index (κ3) is 1.47. The fourth-order valence-electron chi connectivity index (χ4n) is 4.34. The van der Waals surface area contributed by atoms with E-state index in [0.29, 0.717) is 25.0 Å². The molecule has 96 valence electrons. The molecule has 0 bridgehead atoms. The lowest BCUT2D eigenvalue weighted by molar-refractivity contribution is -0.197. The van der Waals surface area contributed by atoms with Crippen molar-refractivity contribution in [2.24, 2.45) is 23.2 Å². The third-order valence-electron chi connectivity index (χ3n) is 4.89. The number of carbonyl (C=O) groups is 1. The molecular formula is C13H20O4. The van der Waals surface area contributed by atoms with E-state index in [1.165, 1.54) is 7.11 Å². The van der Waals surface area contributed by atoms with Crippen molar-refractivity contribution in [3.63, 3.8) is 0 Å². The normalized spacial score (nSPS) is 46.6. The van der Waals surface area contributed by atoms with Gasteiger partial charge in [0.15, 0.2) is 5.79 Å². The van der Waals surface area contributed by atoms with Crippen LogP contribution in [0.2, 0.25) is 0 Å². The molecule has 1 aliphatic heterocycles. The van der Waals surface area contributed by atoms with E-state index in [0.717, 1.165) is 12.8 Å². The summed E-state index contributed by atoms with van der Waals surface area (Å²) in [6, 6.07) is 0. The van der Waals surface area contributed by atoms with Crippen LogP contribution in [0.1, 0.15) is 26.7 Å². The molecular weight excluding hydrogens is 220 g/mol. The summed E-state index contributed by atoms with van der Waals surface area (Å²) in [5.74, 6) is 0.436. The zero-order valence-corrected chi connectivity index (χ0v) is 10.7. The summed E-state index contributed by atoms with van der Waals surface area (Å²) in [7, 11) is 1.47. The predicted octanol–water partition coefficient (Wildman–Crippen LogP) is 1.58. The molecule has 3 aliphatic rings. The lowest BCUT2D eigenvalue weighted by atomic mass is 9.79. The maximum atomic E-state index is 11.8. The molecule has 0 aromatic rings. The highest BCUT2D eigenvalue weighted by Crippen LogP contribution is 2.70. The largest absolute Gasteiger partial charge is 0.469 e. The summed E-state index contributed by atoms with van der Waals surface area (Å²) in [4.78, 5) is 11.8. The standard InChI is InChI=1S/C13H20O4/c1-8-6-13(16-4-5-17-13)7-12(2)9(8)10(12)11(14)15-3/h8-10H,4-7H2,1-3H3/t8-,9?,10+,12-/m1/s1. The van der Waals surface area contributed by atoms with Gasteiger partial charge in [-0.05, 0) is 17.3 Å². The van der Waals surface area contributed by atoms with E-state index in [-0.39, 0.29) is 17.3 Å². The number of hydrogen-bond acceptors (Lipinski definition) is 4. The maximum absolute atomic E-state index is 11.8. The molecule has 4 atom stereocenters. The van der Waals surface area contributed by atoms with Crippen molar-refractivity contribution in [3.8, 4) is 0 Å². The molecule has 2 saturated carbocycles. The Morgan fingerprint density at radius 2 is 2.00 bits per heavy atom. The van der Waals surface area contributed by atoms with Crippen molar-refractivity contribution < 1.29 is 19.0 Å². The van der Waals surface area contributed by atoms with Crippen LogP contribution in [0.4, 0.5) is 0 Å². The van der Waals surface area contributed by atoms with Crippen LogP contribution in [0, 0.1) is 23.2 Å². The summed E-state index contributed by atoms with van der Waals surface area (Å²) >= 11 is 0. The van der Waals surface area contributed by atoms with E-state index in [9.17, 15) is 4.79 Å². The van der Waals surface area contributed by atoms with Crippen LogP contribution < -0.4 is 0 Å². The minimum atomic E-state index is -0.423. The zero-order chi connectivity index (χ0) is 12.3. The molecule has 0 amide bonds. The molecule has 0 radical (unpaired) electrons. The number of carbonyl (C=O) groups excluding carboxylic acids is 1. The van der Waals surface area contributed by atoms with Crippen molar-refractivity contribution in [3.05, 3.63) is 0 Å². The van der Waals surface area contributed by atoms with Gasteiger partial charge >= 0.3 is 5.97 Å². The minimum absolute atomic E-state index is 0.00903. The zero-order valence-electron chi connectivity index (χ0n) is 10.7. The lowest BCUT2D eigenvalue weighted by Gasteiger charge is -2.37. The van der Waals surface area contributed by atoms with E-state index in [2.05, 4.69) is 13.8 Å². The van der Waals surface area contributed by atoms with E-state index in [4.69, 9.17) is 14.2 Å². The summed E-state index contributed by atoms with van der Waals surface area (Å²) in [5.41, 5.74) is 0.00903. The predicted molar refractivity (Wildman–Crippen MR) is 60.1 cm³/mol. The average molecular weight is 240 g/mol. The summed E-state index contributed by atoms with van der Waals surface area (Å²) in [6.45, 7) is 5.71. The van der Waals surface area contributed by atoms with Gasteiger partial charge in [0.1, 0.15) is 0 Å². The summed E-state index contributed by atoms with van der Waals surface area (Å²) in [5, 5.41) is 0. The number of hydrogen-bond donors (Lipinski definition) is 0. The van der Waals surface area contributed by atoms with Gasteiger partial charge in [-0.2, -0.15) is 0 Å². The second kappa shape index (κ2) is 3.45. The Bertz CT molecular complexity index is 347. The molecule has 2 aliphatic carbocycles. The second-order valence-corrected chi connectivity index (χ2v) is 6.00. The van der Waals surface area contributed by atoms with Crippen molar-refractivity contribution >= 4 is 5.97 Å². The first kappa shape index (κ1) is 11.5. The van der Waals surface area contributed by atoms with Crippen LogP contribution in [0.3, 0.4) is 0 Å². The number of methoxy groups -OCH3 is 1.